The third kappa shape index (κ3) is 1.50. The molecule has 0 aliphatic carbocycles. The summed E-state index contributed by atoms with van der Waals surface area (Å²) in [5.74, 6) is 1.40. The fourth-order valence-electron chi connectivity index (χ4n) is 4.50. The molecular weight excluding hydrogens is 274 g/mol. The molecule has 0 radical (unpaired) electrons. The maximum atomic E-state index is 13.1. The number of hydrogen-bond acceptors (Lipinski definition) is 2. The molecule has 2 saturated heterocycles. The molecule has 0 unspecified atom stereocenters. The first-order chi connectivity index (χ1) is 10.7. The number of carbonyl (C=O) groups excluding carboxylic acids is 1. The van der Waals surface area contributed by atoms with E-state index in [0.29, 0.717) is 11.8 Å². The highest BCUT2D eigenvalue weighted by Gasteiger charge is 2.46. The number of fused-ring (bicyclic) bond motifs is 2. The second-order valence-electron chi connectivity index (χ2n) is 6.79. The Labute approximate surface area is 129 Å². The minimum Gasteiger partial charge on any atom is -0.376 e. The Morgan fingerprint density at radius 2 is 2.09 bits per heavy atom. The maximum Gasteiger partial charge on any atom is 0.260 e. The summed E-state index contributed by atoms with van der Waals surface area (Å²) in [7, 11) is 2.01. The highest BCUT2D eigenvalue weighted by Crippen LogP contribution is 2.44. The van der Waals surface area contributed by atoms with Crippen LogP contribution < -0.4 is 0 Å². The summed E-state index contributed by atoms with van der Waals surface area (Å²) in [5, 5.41) is 1.06. The standard InChI is InChI=1S/C18H19N3O/c1-19-10-15(14-4-2-3-5-16(14)19)18(22)21-9-12-8-20-7-6-13(12)17(21)11-20/h2-5,10-13H,6-9H2,1H3/t12-,13-/m1/s1. The van der Waals surface area contributed by atoms with Gasteiger partial charge in [0, 0.05) is 67.5 Å². The summed E-state index contributed by atoms with van der Waals surface area (Å²) >= 11 is 0. The zero-order chi connectivity index (χ0) is 14.8. The molecule has 4 heteroatoms. The van der Waals surface area contributed by atoms with E-state index in [-0.39, 0.29) is 5.91 Å². The predicted octanol–water partition coefficient (Wildman–Crippen LogP) is 2.43. The Morgan fingerprint density at radius 3 is 2.91 bits per heavy atom. The molecule has 5 heterocycles. The van der Waals surface area contributed by atoms with Crippen molar-refractivity contribution in [3.05, 3.63) is 47.9 Å². The third-order valence-corrected chi connectivity index (χ3v) is 5.56. The molecule has 22 heavy (non-hydrogen) atoms. The second-order valence-corrected chi connectivity index (χ2v) is 6.79. The molecule has 0 spiro atoms. The molecule has 1 aromatic heterocycles. The molecular formula is C18H19N3O. The van der Waals surface area contributed by atoms with Crippen molar-refractivity contribution in [2.75, 3.05) is 19.6 Å². The summed E-state index contributed by atoms with van der Waals surface area (Å²) in [6, 6.07) is 8.15. The van der Waals surface area contributed by atoms with Crippen molar-refractivity contribution in [1.82, 2.24) is 14.4 Å². The zero-order valence-corrected chi connectivity index (χ0v) is 12.7. The molecule has 2 fully saturated rings. The van der Waals surface area contributed by atoms with E-state index in [9.17, 15) is 4.79 Å². The van der Waals surface area contributed by atoms with Crippen LogP contribution in [0.15, 0.2) is 42.4 Å². The summed E-state index contributed by atoms with van der Waals surface area (Å²) in [6.07, 6.45) is 5.41. The minimum atomic E-state index is 0.166. The van der Waals surface area contributed by atoms with Gasteiger partial charge in [0.05, 0.1) is 5.56 Å². The average Bonchev–Trinajstić information content (AvgIpc) is 3.03. The first-order valence-corrected chi connectivity index (χ1v) is 8.04. The molecule has 4 nitrogen and oxygen atoms in total. The number of carbonyl (C=O) groups is 1. The molecule has 112 valence electrons. The molecule has 4 aliphatic rings. The molecule has 4 bridgehead atoms. The lowest BCUT2D eigenvalue weighted by molar-refractivity contribution is 0.0822. The number of aromatic nitrogens is 1. The third-order valence-electron chi connectivity index (χ3n) is 5.56. The number of amides is 1. The lowest BCUT2D eigenvalue weighted by atomic mass is 9.84. The monoisotopic (exact) mass is 293 g/mol. The number of allylic oxidation sites excluding steroid dienone is 1. The van der Waals surface area contributed by atoms with Gasteiger partial charge in [0.15, 0.2) is 0 Å². The van der Waals surface area contributed by atoms with Gasteiger partial charge in [-0.15, -0.1) is 0 Å². The van der Waals surface area contributed by atoms with Gasteiger partial charge in [0.1, 0.15) is 0 Å². The highest BCUT2D eigenvalue weighted by molar-refractivity contribution is 6.07. The SMILES string of the molecule is Cn1cc(C(=O)N2C[C@H]3CN4C=C2[C@@H]3CC4)c2ccccc21. The van der Waals surface area contributed by atoms with E-state index >= 15 is 0 Å². The predicted molar refractivity (Wildman–Crippen MR) is 85.2 cm³/mol. The number of benzene rings is 1. The number of para-hydroxylation sites is 1. The van der Waals surface area contributed by atoms with E-state index in [0.717, 1.165) is 36.1 Å². The summed E-state index contributed by atoms with van der Waals surface area (Å²) < 4.78 is 2.05. The smallest absolute Gasteiger partial charge is 0.260 e. The van der Waals surface area contributed by atoms with Crippen LogP contribution in [0.1, 0.15) is 16.8 Å². The van der Waals surface area contributed by atoms with E-state index in [2.05, 4.69) is 27.8 Å². The molecule has 1 aromatic carbocycles. The van der Waals surface area contributed by atoms with E-state index < -0.39 is 0 Å². The summed E-state index contributed by atoms with van der Waals surface area (Å²) in [6.45, 7) is 3.16. The van der Waals surface area contributed by atoms with Gasteiger partial charge in [-0.05, 0) is 12.5 Å². The number of rotatable bonds is 1. The number of nitrogens with zero attached hydrogens (tertiary/aromatic N) is 3. The van der Waals surface area contributed by atoms with Crippen molar-refractivity contribution in [1.29, 1.82) is 0 Å². The first kappa shape index (κ1) is 12.3. The lowest BCUT2D eigenvalue weighted by Crippen LogP contribution is -2.40. The van der Waals surface area contributed by atoms with Gasteiger partial charge in [-0.2, -0.15) is 0 Å². The Balaban J connectivity index is 1.59. The first-order valence-electron chi connectivity index (χ1n) is 8.04. The number of piperidine rings is 1. The van der Waals surface area contributed by atoms with Gasteiger partial charge in [-0.3, -0.25) is 4.79 Å². The lowest BCUT2D eigenvalue weighted by Gasteiger charge is -2.39. The van der Waals surface area contributed by atoms with E-state index in [1.165, 1.54) is 12.1 Å². The van der Waals surface area contributed by atoms with Crippen LogP contribution in [0, 0.1) is 11.8 Å². The molecule has 4 aliphatic heterocycles. The average molecular weight is 293 g/mol. The van der Waals surface area contributed by atoms with Gasteiger partial charge in [-0.25, -0.2) is 0 Å². The molecule has 0 N–H and O–H groups in total. The molecule has 2 aromatic rings. The second kappa shape index (κ2) is 4.15. The van der Waals surface area contributed by atoms with Crippen LogP contribution in [-0.4, -0.2) is 39.9 Å². The van der Waals surface area contributed by atoms with E-state index in [1.54, 1.807) is 0 Å². The van der Waals surface area contributed by atoms with Crippen LogP contribution >= 0.6 is 0 Å². The van der Waals surface area contributed by atoms with Crippen LogP contribution in [0.4, 0.5) is 0 Å². The van der Waals surface area contributed by atoms with Crippen molar-refractivity contribution in [2.45, 2.75) is 6.42 Å². The van der Waals surface area contributed by atoms with Crippen LogP contribution in [0.3, 0.4) is 0 Å². The Bertz CT molecular complexity index is 819. The summed E-state index contributed by atoms with van der Waals surface area (Å²) in [5.41, 5.74) is 3.20. The topological polar surface area (TPSA) is 28.5 Å². The van der Waals surface area contributed by atoms with Crippen LogP contribution in [0.2, 0.25) is 0 Å². The van der Waals surface area contributed by atoms with Crippen molar-refractivity contribution in [2.24, 2.45) is 18.9 Å². The molecule has 1 amide bonds. The Kier molecular flexibility index (Phi) is 2.33. The molecule has 0 saturated carbocycles. The van der Waals surface area contributed by atoms with Gasteiger partial charge in [0.2, 0.25) is 0 Å². The van der Waals surface area contributed by atoms with Crippen molar-refractivity contribution in [3.8, 4) is 0 Å². The summed E-state index contributed by atoms with van der Waals surface area (Å²) in [4.78, 5) is 17.6. The zero-order valence-electron chi connectivity index (χ0n) is 12.7. The Morgan fingerprint density at radius 1 is 1.23 bits per heavy atom. The van der Waals surface area contributed by atoms with Gasteiger partial charge in [-0.1, -0.05) is 18.2 Å². The van der Waals surface area contributed by atoms with Gasteiger partial charge in [0.25, 0.3) is 5.91 Å². The minimum absolute atomic E-state index is 0.166. The van der Waals surface area contributed by atoms with E-state index in [4.69, 9.17) is 0 Å². The van der Waals surface area contributed by atoms with Crippen LogP contribution in [0.25, 0.3) is 10.9 Å². The number of hydrogen-bond donors (Lipinski definition) is 0. The van der Waals surface area contributed by atoms with Crippen molar-refractivity contribution < 1.29 is 4.79 Å². The highest BCUT2D eigenvalue weighted by atomic mass is 16.2. The van der Waals surface area contributed by atoms with Crippen molar-refractivity contribution in [3.63, 3.8) is 0 Å². The largest absolute Gasteiger partial charge is 0.376 e. The maximum absolute atomic E-state index is 13.1. The number of aryl methyl sites for hydroxylation is 1. The van der Waals surface area contributed by atoms with Crippen LogP contribution in [0.5, 0.6) is 0 Å². The van der Waals surface area contributed by atoms with Gasteiger partial charge >= 0.3 is 0 Å². The number of likely N-dealkylation sites (tertiary alicyclic amines) is 1. The van der Waals surface area contributed by atoms with E-state index in [1.807, 2.05) is 30.3 Å². The fraction of sp³-hybridized carbons (Fsp3) is 0.389. The Hall–Kier alpha value is -2.23. The molecule has 2 atom stereocenters. The van der Waals surface area contributed by atoms with Crippen LogP contribution in [-0.2, 0) is 7.05 Å². The fourth-order valence-corrected chi connectivity index (χ4v) is 4.50. The van der Waals surface area contributed by atoms with Crippen molar-refractivity contribution >= 4 is 16.8 Å². The normalized spacial score (nSPS) is 26.0. The quantitative estimate of drug-likeness (QED) is 0.808. The van der Waals surface area contributed by atoms with Gasteiger partial charge < -0.3 is 14.4 Å². The molecule has 6 rings (SSSR count).